The average Bonchev–Trinajstić information content (AvgIpc) is 2.40. The van der Waals surface area contributed by atoms with E-state index in [2.05, 4.69) is 6.07 Å². The van der Waals surface area contributed by atoms with E-state index < -0.39 is 0 Å². The molecule has 0 N–H and O–H groups in total. The molecule has 1 aliphatic rings. The molecule has 20 heavy (non-hydrogen) atoms. The van der Waals surface area contributed by atoms with Gasteiger partial charge in [0.1, 0.15) is 11.5 Å². The third kappa shape index (κ3) is 2.32. The molecule has 2 aromatic rings. The van der Waals surface area contributed by atoms with Crippen LogP contribution in [0.15, 0.2) is 42.5 Å². The Kier molecular flexibility index (Phi) is 3.49. The molecule has 1 unspecified atom stereocenters. The number of ketones is 1. The fraction of sp³-hybridized carbons (Fsp3) is 0.235. The zero-order valence-electron chi connectivity index (χ0n) is 11.2. The first-order valence-electron chi connectivity index (χ1n) is 6.62. The van der Waals surface area contributed by atoms with Gasteiger partial charge in [-0.15, -0.1) is 0 Å². The first-order valence-corrected chi connectivity index (χ1v) is 7.00. The Labute approximate surface area is 123 Å². The molecule has 0 spiro atoms. The van der Waals surface area contributed by atoms with Gasteiger partial charge in [0.25, 0.3) is 0 Å². The molecule has 1 atom stereocenters. The normalized spacial score (nSPS) is 16.2. The summed E-state index contributed by atoms with van der Waals surface area (Å²) >= 11 is 6.00. The lowest BCUT2D eigenvalue weighted by molar-refractivity contribution is -0.120. The lowest BCUT2D eigenvalue weighted by Gasteiger charge is -2.29. The second kappa shape index (κ2) is 5.29. The minimum absolute atomic E-state index is 0.0230. The van der Waals surface area contributed by atoms with E-state index in [-0.39, 0.29) is 11.7 Å². The van der Waals surface area contributed by atoms with Gasteiger partial charge >= 0.3 is 0 Å². The summed E-state index contributed by atoms with van der Waals surface area (Å²) in [5.41, 5.74) is 3.30. The molecule has 3 heteroatoms. The molecule has 0 saturated heterocycles. The van der Waals surface area contributed by atoms with Crippen LogP contribution in [0, 0.1) is 0 Å². The van der Waals surface area contributed by atoms with E-state index in [1.165, 1.54) is 11.1 Å². The molecule has 0 heterocycles. The molecule has 0 bridgehead atoms. The van der Waals surface area contributed by atoms with Gasteiger partial charge in [-0.05, 0) is 35.7 Å². The Balaban J connectivity index is 1.80. The molecule has 0 amide bonds. The van der Waals surface area contributed by atoms with Crippen LogP contribution in [0.1, 0.15) is 22.6 Å². The van der Waals surface area contributed by atoms with Crippen molar-refractivity contribution in [3.63, 3.8) is 0 Å². The zero-order chi connectivity index (χ0) is 14.1. The van der Waals surface area contributed by atoms with E-state index in [1.54, 1.807) is 19.2 Å². The standard InChI is InChI=1S/C17H15ClO2/c1-20-17-7-6-13(18)8-12(17)10-16(19)15-9-11-4-2-3-5-14(11)15/h2-8,15H,9-10H2,1H3. The second-order valence-electron chi connectivity index (χ2n) is 5.05. The fourth-order valence-corrected chi connectivity index (χ4v) is 2.94. The summed E-state index contributed by atoms with van der Waals surface area (Å²) in [7, 11) is 1.61. The van der Waals surface area contributed by atoms with Crippen molar-refractivity contribution < 1.29 is 9.53 Å². The van der Waals surface area contributed by atoms with Crippen molar-refractivity contribution in [3.8, 4) is 5.75 Å². The van der Waals surface area contributed by atoms with Gasteiger partial charge in [-0.3, -0.25) is 4.79 Å². The Hall–Kier alpha value is -1.80. The minimum atomic E-state index is 0.0230. The molecule has 0 aliphatic heterocycles. The number of carbonyl (C=O) groups is 1. The second-order valence-corrected chi connectivity index (χ2v) is 5.49. The average molecular weight is 287 g/mol. The summed E-state index contributed by atoms with van der Waals surface area (Å²) in [6.07, 6.45) is 1.21. The van der Waals surface area contributed by atoms with Crippen LogP contribution in [0.3, 0.4) is 0 Å². The Morgan fingerprint density at radius 2 is 2.10 bits per heavy atom. The van der Waals surface area contributed by atoms with E-state index in [4.69, 9.17) is 16.3 Å². The fourth-order valence-electron chi connectivity index (χ4n) is 2.74. The highest BCUT2D eigenvalue weighted by Gasteiger charge is 2.31. The number of fused-ring (bicyclic) bond motifs is 1. The number of methoxy groups -OCH3 is 1. The Bertz CT molecular complexity index is 664. The third-order valence-electron chi connectivity index (χ3n) is 3.85. The molecule has 0 fully saturated rings. The van der Waals surface area contributed by atoms with Crippen LogP contribution in [0.25, 0.3) is 0 Å². The van der Waals surface area contributed by atoms with E-state index in [9.17, 15) is 4.79 Å². The van der Waals surface area contributed by atoms with Gasteiger partial charge < -0.3 is 4.74 Å². The molecular weight excluding hydrogens is 272 g/mol. The largest absolute Gasteiger partial charge is 0.496 e. The smallest absolute Gasteiger partial charge is 0.145 e. The van der Waals surface area contributed by atoms with Gasteiger partial charge in [-0.1, -0.05) is 35.9 Å². The van der Waals surface area contributed by atoms with Crippen LogP contribution < -0.4 is 4.74 Å². The number of carbonyl (C=O) groups excluding carboxylic acids is 1. The molecule has 0 radical (unpaired) electrons. The van der Waals surface area contributed by atoms with Crippen LogP contribution in [0.4, 0.5) is 0 Å². The quantitative estimate of drug-likeness (QED) is 0.854. The summed E-state index contributed by atoms with van der Waals surface area (Å²) in [4.78, 5) is 12.4. The summed E-state index contributed by atoms with van der Waals surface area (Å²) in [6.45, 7) is 0. The summed E-state index contributed by atoms with van der Waals surface area (Å²) < 4.78 is 5.29. The monoisotopic (exact) mass is 286 g/mol. The van der Waals surface area contributed by atoms with Gasteiger partial charge in [-0.25, -0.2) is 0 Å². The van der Waals surface area contributed by atoms with Crippen molar-refractivity contribution in [2.75, 3.05) is 7.11 Å². The third-order valence-corrected chi connectivity index (χ3v) is 4.09. The van der Waals surface area contributed by atoms with Crippen molar-refractivity contribution in [3.05, 3.63) is 64.2 Å². The van der Waals surface area contributed by atoms with Gasteiger partial charge in [0.05, 0.1) is 7.11 Å². The van der Waals surface area contributed by atoms with Crippen LogP contribution in [-0.4, -0.2) is 12.9 Å². The van der Waals surface area contributed by atoms with Crippen molar-refractivity contribution in [2.24, 2.45) is 0 Å². The number of hydrogen-bond donors (Lipinski definition) is 0. The molecule has 2 nitrogen and oxygen atoms in total. The van der Waals surface area contributed by atoms with E-state index in [1.807, 2.05) is 24.3 Å². The molecule has 102 valence electrons. The van der Waals surface area contributed by atoms with Crippen LogP contribution in [0.2, 0.25) is 5.02 Å². The number of hydrogen-bond acceptors (Lipinski definition) is 2. The minimum Gasteiger partial charge on any atom is -0.496 e. The lowest BCUT2D eigenvalue weighted by Crippen LogP contribution is -2.26. The van der Waals surface area contributed by atoms with Gasteiger partial charge in [-0.2, -0.15) is 0 Å². The van der Waals surface area contributed by atoms with Gasteiger partial charge in [0, 0.05) is 22.9 Å². The number of ether oxygens (including phenoxy) is 1. The van der Waals surface area contributed by atoms with Crippen LogP contribution in [0.5, 0.6) is 5.75 Å². The van der Waals surface area contributed by atoms with Crippen molar-refractivity contribution >= 4 is 17.4 Å². The maximum Gasteiger partial charge on any atom is 0.145 e. The number of Topliss-reactive ketones (excluding diaryl/α,β-unsaturated/α-hetero) is 1. The molecule has 0 saturated carbocycles. The molecule has 1 aliphatic carbocycles. The maximum absolute atomic E-state index is 12.4. The van der Waals surface area contributed by atoms with Crippen molar-refractivity contribution in [1.29, 1.82) is 0 Å². The van der Waals surface area contributed by atoms with Crippen molar-refractivity contribution in [2.45, 2.75) is 18.8 Å². The number of rotatable bonds is 4. The maximum atomic E-state index is 12.4. The Morgan fingerprint density at radius 1 is 1.30 bits per heavy atom. The Morgan fingerprint density at radius 3 is 2.85 bits per heavy atom. The van der Waals surface area contributed by atoms with Gasteiger partial charge in [0.2, 0.25) is 0 Å². The van der Waals surface area contributed by atoms with E-state index in [0.717, 1.165) is 17.7 Å². The predicted octanol–water partition coefficient (Wildman–Crippen LogP) is 3.80. The first-order chi connectivity index (χ1) is 9.69. The molecule has 3 rings (SSSR count). The summed E-state index contributed by atoms with van der Waals surface area (Å²) in [5.74, 6) is 0.967. The van der Waals surface area contributed by atoms with Crippen LogP contribution >= 0.6 is 11.6 Å². The highest BCUT2D eigenvalue weighted by atomic mass is 35.5. The van der Waals surface area contributed by atoms with Crippen molar-refractivity contribution in [1.82, 2.24) is 0 Å². The zero-order valence-corrected chi connectivity index (χ0v) is 12.0. The van der Waals surface area contributed by atoms with Crippen LogP contribution in [-0.2, 0) is 17.6 Å². The molecule has 2 aromatic carbocycles. The molecular formula is C17H15ClO2. The summed E-state index contributed by atoms with van der Waals surface area (Å²) in [6, 6.07) is 13.5. The SMILES string of the molecule is COc1ccc(Cl)cc1CC(=O)C1Cc2ccccc21. The highest BCUT2D eigenvalue weighted by molar-refractivity contribution is 6.30. The number of halogens is 1. The topological polar surface area (TPSA) is 26.3 Å². The molecule has 0 aromatic heterocycles. The van der Waals surface area contributed by atoms with Gasteiger partial charge in [0.15, 0.2) is 0 Å². The first kappa shape index (κ1) is 13.2. The predicted molar refractivity (Wildman–Crippen MR) is 79.6 cm³/mol. The lowest BCUT2D eigenvalue weighted by atomic mass is 9.74. The number of benzene rings is 2. The highest BCUT2D eigenvalue weighted by Crippen LogP contribution is 2.37. The summed E-state index contributed by atoms with van der Waals surface area (Å²) in [5, 5.41) is 0.627. The van der Waals surface area contributed by atoms with E-state index in [0.29, 0.717) is 11.4 Å². The van der Waals surface area contributed by atoms with E-state index >= 15 is 0 Å².